The molecule has 0 saturated carbocycles. The zero-order valence-corrected chi connectivity index (χ0v) is 12.5. The van der Waals surface area contributed by atoms with Crippen LogP contribution in [0.25, 0.3) is 0 Å². The van der Waals surface area contributed by atoms with Gasteiger partial charge >= 0.3 is 0 Å². The summed E-state index contributed by atoms with van der Waals surface area (Å²) in [6, 6.07) is 11.9. The molecule has 0 aliphatic carbocycles. The van der Waals surface area contributed by atoms with Crippen molar-refractivity contribution in [3.8, 4) is 0 Å². The van der Waals surface area contributed by atoms with Crippen molar-refractivity contribution in [3.05, 3.63) is 65.5 Å². The SMILES string of the molecule is CC(=O)c1ccc(N2C(=O)CC(c3ccc(F)cc3)C2=O)cc1. The number of rotatable bonds is 3. The van der Waals surface area contributed by atoms with Gasteiger partial charge in [-0.05, 0) is 48.9 Å². The number of hydrogen-bond donors (Lipinski definition) is 0. The zero-order chi connectivity index (χ0) is 16.6. The number of carbonyl (C=O) groups is 3. The molecule has 3 rings (SSSR count). The Hall–Kier alpha value is -2.82. The van der Waals surface area contributed by atoms with E-state index in [9.17, 15) is 18.8 Å². The van der Waals surface area contributed by atoms with E-state index >= 15 is 0 Å². The van der Waals surface area contributed by atoms with Crippen LogP contribution in [0.1, 0.15) is 35.2 Å². The number of ketones is 1. The first-order chi connectivity index (χ1) is 11.0. The number of Topliss-reactive ketones (excluding diaryl/α,β-unsaturated/α-hetero) is 1. The summed E-state index contributed by atoms with van der Waals surface area (Å²) in [5, 5.41) is 0. The molecule has 2 aromatic rings. The quantitative estimate of drug-likeness (QED) is 0.646. The Balaban J connectivity index is 1.89. The van der Waals surface area contributed by atoms with Crippen molar-refractivity contribution >= 4 is 23.3 Å². The summed E-state index contributed by atoms with van der Waals surface area (Å²) in [4.78, 5) is 37.2. The largest absolute Gasteiger partial charge is 0.295 e. The van der Waals surface area contributed by atoms with Gasteiger partial charge in [0.2, 0.25) is 11.8 Å². The lowest BCUT2D eigenvalue weighted by Crippen LogP contribution is -2.30. The molecule has 1 heterocycles. The van der Waals surface area contributed by atoms with Gasteiger partial charge in [-0.2, -0.15) is 0 Å². The topological polar surface area (TPSA) is 54.5 Å². The molecule has 2 amide bonds. The minimum Gasteiger partial charge on any atom is -0.295 e. The van der Waals surface area contributed by atoms with E-state index in [1.807, 2.05) is 0 Å². The predicted molar refractivity (Wildman–Crippen MR) is 82.7 cm³/mol. The number of nitrogens with zero attached hydrogens (tertiary/aromatic N) is 1. The predicted octanol–water partition coefficient (Wildman–Crippen LogP) is 3.08. The fraction of sp³-hybridized carbons (Fsp3) is 0.167. The number of anilines is 1. The highest BCUT2D eigenvalue weighted by atomic mass is 19.1. The molecule has 1 unspecified atom stereocenters. The van der Waals surface area contributed by atoms with Gasteiger partial charge < -0.3 is 0 Å². The molecule has 4 nitrogen and oxygen atoms in total. The van der Waals surface area contributed by atoms with E-state index in [4.69, 9.17) is 0 Å². The lowest BCUT2D eigenvalue weighted by atomic mass is 9.98. The van der Waals surface area contributed by atoms with Crippen molar-refractivity contribution < 1.29 is 18.8 Å². The summed E-state index contributed by atoms with van der Waals surface area (Å²) >= 11 is 0. The molecule has 1 atom stereocenters. The average molecular weight is 311 g/mol. The number of hydrogen-bond acceptors (Lipinski definition) is 3. The van der Waals surface area contributed by atoms with Gasteiger partial charge in [0.1, 0.15) is 5.82 Å². The number of imide groups is 1. The molecular weight excluding hydrogens is 297 g/mol. The summed E-state index contributed by atoms with van der Waals surface area (Å²) in [6.45, 7) is 1.45. The lowest BCUT2D eigenvalue weighted by Gasteiger charge is -2.15. The second kappa shape index (κ2) is 5.76. The molecule has 0 bridgehead atoms. The van der Waals surface area contributed by atoms with Crippen molar-refractivity contribution in [1.29, 1.82) is 0 Å². The molecule has 23 heavy (non-hydrogen) atoms. The molecule has 116 valence electrons. The van der Waals surface area contributed by atoms with E-state index in [-0.39, 0.29) is 29.8 Å². The van der Waals surface area contributed by atoms with Gasteiger partial charge in [-0.3, -0.25) is 19.3 Å². The Morgan fingerprint density at radius 3 is 2.22 bits per heavy atom. The molecule has 0 spiro atoms. The first-order valence-corrected chi connectivity index (χ1v) is 7.20. The minimum absolute atomic E-state index is 0.0545. The Morgan fingerprint density at radius 1 is 1.04 bits per heavy atom. The van der Waals surface area contributed by atoms with Crippen LogP contribution < -0.4 is 4.90 Å². The summed E-state index contributed by atoms with van der Waals surface area (Å²) in [5.74, 6) is -1.71. The van der Waals surface area contributed by atoms with E-state index < -0.39 is 5.92 Å². The molecule has 1 aliphatic rings. The monoisotopic (exact) mass is 311 g/mol. The molecule has 0 aromatic heterocycles. The molecule has 5 heteroatoms. The van der Waals surface area contributed by atoms with E-state index in [0.29, 0.717) is 16.8 Å². The normalized spacial score (nSPS) is 17.7. The van der Waals surface area contributed by atoms with Gasteiger partial charge in [-0.1, -0.05) is 12.1 Å². The van der Waals surface area contributed by atoms with Crippen LogP contribution in [-0.4, -0.2) is 17.6 Å². The highest BCUT2D eigenvalue weighted by Crippen LogP contribution is 2.33. The van der Waals surface area contributed by atoms with Crippen LogP contribution in [0.15, 0.2) is 48.5 Å². The van der Waals surface area contributed by atoms with Crippen LogP contribution in [0.2, 0.25) is 0 Å². The smallest absolute Gasteiger partial charge is 0.241 e. The molecule has 0 N–H and O–H groups in total. The molecular formula is C18H14FNO3. The summed E-state index contributed by atoms with van der Waals surface area (Å²) < 4.78 is 13.0. The van der Waals surface area contributed by atoms with Crippen LogP contribution in [0, 0.1) is 5.82 Å². The number of halogens is 1. The zero-order valence-electron chi connectivity index (χ0n) is 12.5. The van der Waals surface area contributed by atoms with Gasteiger partial charge in [0.25, 0.3) is 0 Å². The number of carbonyl (C=O) groups excluding carboxylic acids is 3. The van der Waals surface area contributed by atoms with E-state index in [2.05, 4.69) is 0 Å². The summed E-state index contributed by atoms with van der Waals surface area (Å²) in [5.41, 5.74) is 1.57. The van der Waals surface area contributed by atoms with Crippen molar-refractivity contribution in [2.75, 3.05) is 4.90 Å². The highest BCUT2D eigenvalue weighted by Gasteiger charge is 2.40. The maximum absolute atomic E-state index is 13.0. The maximum Gasteiger partial charge on any atom is 0.241 e. The highest BCUT2D eigenvalue weighted by molar-refractivity contribution is 6.22. The Kier molecular flexibility index (Phi) is 3.78. The summed E-state index contributed by atoms with van der Waals surface area (Å²) in [6.07, 6.45) is 0.0545. The Morgan fingerprint density at radius 2 is 1.65 bits per heavy atom. The molecule has 1 fully saturated rings. The molecule has 1 aliphatic heterocycles. The average Bonchev–Trinajstić information content (AvgIpc) is 2.83. The van der Waals surface area contributed by atoms with Crippen LogP contribution in [0.5, 0.6) is 0 Å². The van der Waals surface area contributed by atoms with Crippen LogP contribution in [0.4, 0.5) is 10.1 Å². The van der Waals surface area contributed by atoms with Crippen molar-refractivity contribution in [1.82, 2.24) is 0 Å². The third kappa shape index (κ3) is 2.77. The molecule has 1 saturated heterocycles. The molecule has 0 radical (unpaired) electrons. The Labute approximate surface area is 132 Å². The fourth-order valence-corrected chi connectivity index (χ4v) is 2.70. The van der Waals surface area contributed by atoms with Crippen molar-refractivity contribution in [2.24, 2.45) is 0 Å². The van der Waals surface area contributed by atoms with Crippen LogP contribution >= 0.6 is 0 Å². The number of benzene rings is 2. The van der Waals surface area contributed by atoms with Crippen LogP contribution in [0.3, 0.4) is 0 Å². The third-order valence-electron chi connectivity index (χ3n) is 3.95. The second-order valence-electron chi connectivity index (χ2n) is 5.48. The Bertz CT molecular complexity index is 781. The van der Waals surface area contributed by atoms with Gasteiger partial charge in [-0.15, -0.1) is 0 Å². The number of amides is 2. The lowest BCUT2D eigenvalue weighted by molar-refractivity contribution is -0.121. The van der Waals surface area contributed by atoms with E-state index in [1.54, 1.807) is 24.3 Å². The fourth-order valence-electron chi connectivity index (χ4n) is 2.70. The van der Waals surface area contributed by atoms with E-state index in [0.717, 1.165) is 4.90 Å². The first-order valence-electron chi connectivity index (χ1n) is 7.20. The standard InChI is InChI=1S/C18H14FNO3/c1-11(21)12-4-8-15(9-5-12)20-17(22)10-16(18(20)23)13-2-6-14(19)7-3-13/h2-9,16H,10H2,1H3. The van der Waals surface area contributed by atoms with Crippen LogP contribution in [-0.2, 0) is 9.59 Å². The van der Waals surface area contributed by atoms with Crippen molar-refractivity contribution in [3.63, 3.8) is 0 Å². The maximum atomic E-state index is 13.0. The van der Waals surface area contributed by atoms with E-state index in [1.165, 1.54) is 31.2 Å². The summed E-state index contributed by atoms with van der Waals surface area (Å²) in [7, 11) is 0. The third-order valence-corrected chi connectivity index (χ3v) is 3.95. The van der Waals surface area contributed by atoms with Gasteiger partial charge in [0.15, 0.2) is 5.78 Å². The second-order valence-corrected chi connectivity index (χ2v) is 5.48. The van der Waals surface area contributed by atoms with Gasteiger partial charge in [0, 0.05) is 12.0 Å². The first kappa shape index (κ1) is 15.1. The van der Waals surface area contributed by atoms with Gasteiger partial charge in [0.05, 0.1) is 11.6 Å². The van der Waals surface area contributed by atoms with Gasteiger partial charge in [-0.25, -0.2) is 4.39 Å². The van der Waals surface area contributed by atoms with Crippen molar-refractivity contribution in [2.45, 2.75) is 19.3 Å². The molecule has 2 aromatic carbocycles. The minimum atomic E-state index is -0.601.